The Hall–Kier alpha value is -3.17. The summed E-state index contributed by atoms with van der Waals surface area (Å²) in [5, 5.41) is 2.68. The van der Waals surface area contributed by atoms with E-state index < -0.39 is 15.9 Å². The Kier molecular flexibility index (Phi) is 4.79. The number of aromatic nitrogens is 1. The van der Waals surface area contributed by atoms with E-state index in [0.29, 0.717) is 25.3 Å². The fraction of sp³-hybridized carbons (Fsp3) is 0.273. The number of carbonyl (C=O) groups excluding carboxylic acids is 1. The largest absolute Gasteiger partial charge is 0.459 e. The first-order valence-electron chi connectivity index (χ1n) is 10.1. The standard InChI is InChI=1S/C22H21N3O5S/c26-21-5-1-3-19-16-11-15(13-25(19)21)12-24(14-16)31(28,29)18-8-6-17(7-9-18)23-22(27)20-4-2-10-30-20/h1-10,15-16H,11-14H2,(H,23,27). The maximum atomic E-state index is 13.3. The predicted octanol–water partition coefficient (Wildman–Crippen LogP) is 2.50. The van der Waals surface area contributed by atoms with E-state index in [1.807, 2.05) is 6.07 Å². The molecule has 2 aliphatic rings. The van der Waals surface area contributed by atoms with Gasteiger partial charge in [-0.15, -0.1) is 0 Å². The molecule has 0 saturated carbocycles. The maximum absolute atomic E-state index is 13.3. The van der Waals surface area contributed by atoms with Crippen LogP contribution >= 0.6 is 0 Å². The third-order valence-corrected chi connectivity index (χ3v) is 7.79. The lowest BCUT2D eigenvalue weighted by atomic mass is 9.84. The van der Waals surface area contributed by atoms with Crippen LogP contribution in [0.5, 0.6) is 0 Å². The Morgan fingerprint density at radius 2 is 1.81 bits per heavy atom. The normalized spacial score (nSPS) is 20.8. The van der Waals surface area contributed by atoms with Gasteiger partial charge in [-0.2, -0.15) is 4.31 Å². The average Bonchev–Trinajstić information content (AvgIpc) is 3.30. The van der Waals surface area contributed by atoms with E-state index in [1.54, 1.807) is 41.0 Å². The van der Waals surface area contributed by atoms with Crippen LogP contribution in [0.3, 0.4) is 0 Å². The highest BCUT2D eigenvalue weighted by Gasteiger charge is 2.39. The van der Waals surface area contributed by atoms with Gasteiger partial charge < -0.3 is 14.3 Å². The van der Waals surface area contributed by atoms with E-state index in [1.165, 1.54) is 22.7 Å². The monoisotopic (exact) mass is 439 g/mol. The number of amides is 1. The van der Waals surface area contributed by atoms with Crippen molar-refractivity contribution in [1.82, 2.24) is 8.87 Å². The van der Waals surface area contributed by atoms with Crippen LogP contribution in [0.1, 0.15) is 28.6 Å². The molecule has 2 atom stereocenters. The summed E-state index contributed by atoms with van der Waals surface area (Å²) in [5.41, 5.74) is 1.35. The second-order valence-corrected chi connectivity index (χ2v) is 9.91. The summed E-state index contributed by atoms with van der Waals surface area (Å²) < 4.78 is 34.9. The molecule has 0 aliphatic carbocycles. The Morgan fingerprint density at radius 3 is 2.55 bits per heavy atom. The zero-order valence-corrected chi connectivity index (χ0v) is 17.4. The Balaban J connectivity index is 1.35. The second-order valence-electron chi connectivity index (χ2n) is 7.98. The molecular formula is C22H21N3O5S. The van der Waals surface area contributed by atoms with Gasteiger partial charge in [-0.1, -0.05) is 6.07 Å². The van der Waals surface area contributed by atoms with Crippen molar-refractivity contribution in [3.8, 4) is 0 Å². The van der Waals surface area contributed by atoms with E-state index in [4.69, 9.17) is 4.42 Å². The van der Waals surface area contributed by atoms with Crippen molar-refractivity contribution in [2.75, 3.05) is 18.4 Å². The summed E-state index contributed by atoms with van der Waals surface area (Å²) in [6.07, 6.45) is 2.29. The molecule has 5 rings (SSSR count). The number of furan rings is 1. The number of rotatable bonds is 4. The number of anilines is 1. The smallest absolute Gasteiger partial charge is 0.291 e. The number of hydrogen-bond acceptors (Lipinski definition) is 5. The van der Waals surface area contributed by atoms with E-state index in [9.17, 15) is 18.0 Å². The van der Waals surface area contributed by atoms with Gasteiger partial charge in [-0.05, 0) is 54.8 Å². The molecule has 2 aromatic heterocycles. The van der Waals surface area contributed by atoms with Crippen LogP contribution in [0, 0.1) is 5.92 Å². The lowest BCUT2D eigenvalue weighted by Crippen LogP contribution is -2.48. The van der Waals surface area contributed by atoms with E-state index in [2.05, 4.69) is 5.32 Å². The van der Waals surface area contributed by atoms with Crippen LogP contribution in [0.15, 0.2) is 75.0 Å². The third kappa shape index (κ3) is 3.60. The molecule has 1 N–H and O–H groups in total. The molecule has 1 fully saturated rings. The lowest BCUT2D eigenvalue weighted by molar-refractivity contribution is 0.0996. The van der Waals surface area contributed by atoms with E-state index >= 15 is 0 Å². The van der Waals surface area contributed by atoms with Crippen molar-refractivity contribution >= 4 is 21.6 Å². The van der Waals surface area contributed by atoms with E-state index in [-0.39, 0.29) is 28.1 Å². The van der Waals surface area contributed by atoms with Gasteiger partial charge in [0.05, 0.1) is 11.2 Å². The minimum atomic E-state index is -3.69. The van der Waals surface area contributed by atoms with Gasteiger partial charge in [-0.25, -0.2) is 8.42 Å². The van der Waals surface area contributed by atoms with Crippen LogP contribution in [-0.2, 0) is 16.6 Å². The number of carbonyl (C=O) groups is 1. The molecule has 2 bridgehead atoms. The Labute approximate surface area is 179 Å². The minimum absolute atomic E-state index is 0.00281. The molecular weight excluding hydrogens is 418 g/mol. The zero-order valence-electron chi connectivity index (χ0n) is 16.6. The van der Waals surface area contributed by atoms with Crippen molar-refractivity contribution in [1.29, 1.82) is 0 Å². The molecule has 1 aromatic carbocycles. The van der Waals surface area contributed by atoms with Gasteiger partial charge in [0.1, 0.15) is 0 Å². The first-order valence-corrected chi connectivity index (χ1v) is 11.5. The lowest BCUT2D eigenvalue weighted by Gasteiger charge is -2.42. The molecule has 0 spiro atoms. The van der Waals surface area contributed by atoms with Crippen LogP contribution in [-0.4, -0.2) is 36.3 Å². The predicted molar refractivity (Wildman–Crippen MR) is 113 cm³/mol. The maximum Gasteiger partial charge on any atom is 0.291 e. The highest BCUT2D eigenvalue weighted by molar-refractivity contribution is 7.89. The summed E-state index contributed by atoms with van der Waals surface area (Å²) in [6, 6.07) is 14.5. The van der Waals surface area contributed by atoms with Crippen molar-refractivity contribution in [3.05, 3.63) is 82.7 Å². The zero-order chi connectivity index (χ0) is 21.6. The van der Waals surface area contributed by atoms with Crippen LogP contribution in [0.25, 0.3) is 0 Å². The fourth-order valence-electron chi connectivity index (χ4n) is 4.51. The molecule has 1 saturated heterocycles. The second kappa shape index (κ2) is 7.51. The topological polar surface area (TPSA) is 102 Å². The number of nitrogens with zero attached hydrogens (tertiary/aromatic N) is 2. The summed E-state index contributed by atoms with van der Waals surface area (Å²) in [6.45, 7) is 1.27. The Morgan fingerprint density at radius 1 is 1.00 bits per heavy atom. The number of piperidine rings is 1. The summed E-state index contributed by atoms with van der Waals surface area (Å²) in [7, 11) is -3.69. The van der Waals surface area contributed by atoms with Gasteiger partial charge in [0.2, 0.25) is 10.0 Å². The molecule has 2 aliphatic heterocycles. The third-order valence-electron chi connectivity index (χ3n) is 5.94. The number of benzene rings is 1. The molecule has 8 nitrogen and oxygen atoms in total. The van der Waals surface area contributed by atoms with Gasteiger partial charge in [-0.3, -0.25) is 9.59 Å². The molecule has 9 heteroatoms. The SMILES string of the molecule is O=C(Nc1ccc(S(=O)(=O)N2CC3CC(C2)c2cccc(=O)n2C3)cc1)c1ccco1. The number of pyridine rings is 1. The summed E-state index contributed by atoms with van der Waals surface area (Å²) in [5.74, 6) is -0.120. The first kappa shape index (κ1) is 19.8. The molecule has 0 radical (unpaired) electrons. The molecule has 4 heterocycles. The number of nitrogens with one attached hydrogen (secondary N) is 1. The number of sulfonamides is 1. The molecule has 2 unspecified atom stereocenters. The van der Waals surface area contributed by atoms with Gasteiger partial charge in [0.25, 0.3) is 11.5 Å². The highest BCUT2D eigenvalue weighted by atomic mass is 32.2. The molecule has 3 aromatic rings. The van der Waals surface area contributed by atoms with Crippen LogP contribution in [0.4, 0.5) is 5.69 Å². The highest BCUT2D eigenvalue weighted by Crippen LogP contribution is 2.37. The summed E-state index contributed by atoms with van der Waals surface area (Å²) in [4.78, 5) is 24.4. The fourth-order valence-corrected chi connectivity index (χ4v) is 6.07. The van der Waals surface area contributed by atoms with Crippen molar-refractivity contribution in [2.45, 2.75) is 23.8 Å². The van der Waals surface area contributed by atoms with Gasteiger partial charge in [0, 0.05) is 43.0 Å². The molecule has 31 heavy (non-hydrogen) atoms. The number of hydrogen-bond donors (Lipinski definition) is 1. The molecule has 160 valence electrons. The van der Waals surface area contributed by atoms with Gasteiger partial charge >= 0.3 is 0 Å². The quantitative estimate of drug-likeness (QED) is 0.673. The van der Waals surface area contributed by atoms with Crippen molar-refractivity contribution in [2.24, 2.45) is 5.92 Å². The number of fused-ring (bicyclic) bond motifs is 4. The van der Waals surface area contributed by atoms with Crippen molar-refractivity contribution in [3.63, 3.8) is 0 Å². The molecule has 1 amide bonds. The van der Waals surface area contributed by atoms with E-state index in [0.717, 1.165) is 12.1 Å². The summed E-state index contributed by atoms with van der Waals surface area (Å²) >= 11 is 0. The first-order chi connectivity index (χ1) is 14.9. The average molecular weight is 439 g/mol. The minimum Gasteiger partial charge on any atom is -0.459 e. The van der Waals surface area contributed by atoms with Crippen LogP contribution < -0.4 is 10.9 Å². The van der Waals surface area contributed by atoms with Crippen molar-refractivity contribution < 1.29 is 17.6 Å². The van der Waals surface area contributed by atoms with Crippen LogP contribution in [0.2, 0.25) is 0 Å². The van der Waals surface area contributed by atoms with Gasteiger partial charge in [0.15, 0.2) is 5.76 Å². The Bertz CT molecular complexity index is 1280.